The summed E-state index contributed by atoms with van der Waals surface area (Å²) in [7, 11) is 1.59. The van der Waals surface area contributed by atoms with Gasteiger partial charge in [-0.05, 0) is 53.9 Å². The molecule has 7 nitrogen and oxygen atoms in total. The van der Waals surface area contributed by atoms with Gasteiger partial charge < -0.3 is 14.0 Å². The van der Waals surface area contributed by atoms with Crippen LogP contribution in [0, 0.1) is 6.92 Å². The van der Waals surface area contributed by atoms with Gasteiger partial charge in [-0.1, -0.05) is 84.1 Å². The predicted molar refractivity (Wildman–Crippen MR) is 160 cm³/mol. The summed E-state index contributed by atoms with van der Waals surface area (Å²) in [6.45, 7) is 3.19. The first-order valence-corrected chi connectivity index (χ1v) is 13.9. The van der Waals surface area contributed by atoms with Crippen molar-refractivity contribution in [2.45, 2.75) is 25.2 Å². The average molecular weight is 551 g/mol. The maximum absolute atomic E-state index is 12.6. The minimum absolute atomic E-state index is 0.185. The third-order valence-corrected chi connectivity index (χ3v) is 7.22. The number of thioether (sulfide) groups is 1. The Morgan fingerprint density at radius 2 is 1.73 bits per heavy atom. The highest BCUT2D eigenvalue weighted by Crippen LogP contribution is 2.28. The summed E-state index contributed by atoms with van der Waals surface area (Å²) in [4.78, 5) is 17.4. The van der Waals surface area contributed by atoms with E-state index in [9.17, 15) is 4.79 Å². The number of aromatic nitrogens is 2. The van der Waals surface area contributed by atoms with E-state index in [1.807, 2.05) is 66.7 Å². The summed E-state index contributed by atoms with van der Waals surface area (Å²) in [6, 6.07) is 31.9. The topological polar surface area (TPSA) is 77.7 Å². The minimum atomic E-state index is -0.218. The molecule has 0 radical (unpaired) electrons. The van der Waals surface area contributed by atoms with E-state index in [0.717, 1.165) is 27.3 Å². The highest BCUT2D eigenvalue weighted by atomic mass is 32.2. The molecule has 1 heterocycles. The van der Waals surface area contributed by atoms with E-state index in [1.54, 1.807) is 13.3 Å². The molecular weight excluding hydrogens is 520 g/mol. The Labute approximate surface area is 237 Å². The molecule has 1 N–H and O–H groups in total. The lowest BCUT2D eigenvalue weighted by atomic mass is 10.1. The monoisotopic (exact) mass is 550 g/mol. The summed E-state index contributed by atoms with van der Waals surface area (Å²) < 4.78 is 13.5. The first kappa shape index (κ1) is 27.0. The van der Waals surface area contributed by atoms with Gasteiger partial charge >= 0.3 is 0 Å². The van der Waals surface area contributed by atoms with Crippen LogP contribution in [0.25, 0.3) is 11.0 Å². The second-order valence-electron chi connectivity index (χ2n) is 9.22. The fourth-order valence-corrected chi connectivity index (χ4v) is 4.96. The zero-order valence-corrected chi connectivity index (χ0v) is 23.2. The molecule has 0 aliphatic heterocycles. The Balaban J connectivity index is 1.19. The first-order valence-electron chi connectivity index (χ1n) is 12.9. The number of benzene rings is 4. The molecule has 0 saturated carbocycles. The largest absolute Gasteiger partial charge is 0.493 e. The standard InChI is InChI=1S/C32H30N4O3S/c1-23-12-14-24(15-13-23)20-36-28-11-7-6-10-27(28)34-32(36)40-22-31(37)35-33-19-26-16-17-29(30(18-26)38-2)39-21-25-8-4-3-5-9-25/h3-19H,20-22H2,1-2H3,(H,35,37)/b33-19-. The molecule has 0 aliphatic rings. The van der Waals surface area contributed by atoms with Crippen molar-refractivity contribution in [2.75, 3.05) is 12.9 Å². The van der Waals surface area contributed by atoms with Gasteiger partial charge in [-0.15, -0.1) is 0 Å². The van der Waals surface area contributed by atoms with Gasteiger partial charge in [0.25, 0.3) is 5.91 Å². The molecule has 0 saturated heterocycles. The van der Waals surface area contributed by atoms with Gasteiger partial charge in [-0.3, -0.25) is 4.79 Å². The lowest BCUT2D eigenvalue weighted by molar-refractivity contribution is -0.118. The Kier molecular flexibility index (Phi) is 8.78. The SMILES string of the molecule is COc1cc(/C=N\NC(=O)CSc2nc3ccccc3n2Cc2ccc(C)cc2)ccc1OCc1ccccc1. The van der Waals surface area contributed by atoms with Crippen LogP contribution in [0.15, 0.2) is 107 Å². The van der Waals surface area contributed by atoms with Crippen LogP contribution in [0.3, 0.4) is 0 Å². The highest BCUT2D eigenvalue weighted by Gasteiger charge is 2.13. The zero-order valence-electron chi connectivity index (χ0n) is 22.4. The number of para-hydroxylation sites is 2. The molecule has 0 bridgehead atoms. The van der Waals surface area contributed by atoms with Crippen molar-refractivity contribution in [3.05, 3.63) is 119 Å². The van der Waals surface area contributed by atoms with Gasteiger partial charge in [0.05, 0.1) is 36.7 Å². The molecule has 5 aromatic rings. The van der Waals surface area contributed by atoms with Crippen LogP contribution in [-0.2, 0) is 17.9 Å². The van der Waals surface area contributed by atoms with Crippen LogP contribution >= 0.6 is 11.8 Å². The molecule has 0 unspecified atom stereocenters. The van der Waals surface area contributed by atoms with Gasteiger partial charge in [0.2, 0.25) is 0 Å². The van der Waals surface area contributed by atoms with Crippen molar-refractivity contribution >= 4 is 34.9 Å². The van der Waals surface area contributed by atoms with Crippen LogP contribution in [0.5, 0.6) is 11.5 Å². The van der Waals surface area contributed by atoms with Crippen LogP contribution in [0.4, 0.5) is 0 Å². The molecule has 0 fully saturated rings. The van der Waals surface area contributed by atoms with Gasteiger partial charge in [-0.25, -0.2) is 10.4 Å². The number of carbonyl (C=O) groups is 1. The second kappa shape index (κ2) is 13.0. The van der Waals surface area contributed by atoms with Crippen molar-refractivity contribution in [1.82, 2.24) is 15.0 Å². The quantitative estimate of drug-likeness (QED) is 0.120. The number of amides is 1. The summed E-state index contributed by atoms with van der Waals surface area (Å²) in [5.41, 5.74) is 8.79. The number of nitrogens with zero attached hydrogens (tertiary/aromatic N) is 3. The number of imidazole rings is 1. The first-order chi connectivity index (χ1) is 19.6. The van der Waals surface area contributed by atoms with E-state index in [4.69, 9.17) is 14.5 Å². The van der Waals surface area contributed by atoms with Gasteiger partial charge in [-0.2, -0.15) is 5.10 Å². The summed E-state index contributed by atoms with van der Waals surface area (Å²) >= 11 is 1.39. The second-order valence-corrected chi connectivity index (χ2v) is 10.2. The maximum Gasteiger partial charge on any atom is 0.250 e. The van der Waals surface area contributed by atoms with Gasteiger partial charge in [0.15, 0.2) is 16.7 Å². The molecule has 0 aliphatic carbocycles. The molecule has 8 heteroatoms. The lowest BCUT2D eigenvalue weighted by Gasteiger charge is -2.11. The number of hydrogen-bond acceptors (Lipinski definition) is 6. The molecular formula is C32H30N4O3S. The van der Waals surface area contributed by atoms with Crippen LogP contribution < -0.4 is 14.9 Å². The number of hydrogen-bond donors (Lipinski definition) is 1. The fraction of sp³-hybridized carbons (Fsp3) is 0.156. The molecule has 40 heavy (non-hydrogen) atoms. The van der Waals surface area contributed by atoms with E-state index >= 15 is 0 Å². The van der Waals surface area contributed by atoms with Crippen LogP contribution in [-0.4, -0.2) is 34.5 Å². The number of carbonyl (C=O) groups excluding carboxylic acids is 1. The Hall–Kier alpha value is -4.56. The smallest absolute Gasteiger partial charge is 0.250 e. The maximum atomic E-state index is 12.6. The van der Waals surface area contributed by atoms with Crippen LogP contribution in [0.2, 0.25) is 0 Å². The number of hydrazone groups is 1. The summed E-state index contributed by atoms with van der Waals surface area (Å²) in [5.74, 6) is 1.20. The van der Waals surface area contributed by atoms with Crippen molar-refractivity contribution in [1.29, 1.82) is 0 Å². The van der Waals surface area contributed by atoms with E-state index in [-0.39, 0.29) is 11.7 Å². The Morgan fingerprint density at radius 1 is 0.950 bits per heavy atom. The zero-order chi connectivity index (χ0) is 27.7. The number of aryl methyl sites for hydroxylation is 1. The third kappa shape index (κ3) is 6.90. The molecule has 1 aromatic heterocycles. The predicted octanol–water partition coefficient (Wildman–Crippen LogP) is 6.22. The molecule has 4 aromatic carbocycles. The van der Waals surface area contributed by atoms with Crippen molar-refractivity contribution in [3.8, 4) is 11.5 Å². The molecule has 1 amide bonds. The fourth-order valence-electron chi connectivity index (χ4n) is 4.15. The molecule has 0 atom stereocenters. The van der Waals surface area contributed by atoms with Crippen molar-refractivity contribution in [2.24, 2.45) is 5.10 Å². The van der Waals surface area contributed by atoms with Gasteiger partial charge in [0, 0.05) is 0 Å². The molecule has 5 rings (SSSR count). The third-order valence-electron chi connectivity index (χ3n) is 6.24. The summed E-state index contributed by atoms with van der Waals surface area (Å²) in [5, 5.41) is 4.92. The molecule has 0 spiro atoms. The van der Waals surface area contributed by atoms with Crippen molar-refractivity contribution in [3.63, 3.8) is 0 Å². The Bertz CT molecular complexity index is 1620. The average Bonchev–Trinajstić information content (AvgIpc) is 3.34. The van der Waals surface area contributed by atoms with Crippen LogP contribution in [0.1, 0.15) is 22.3 Å². The minimum Gasteiger partial charge on any atom is -0.493 e. The molecule has 202 valence electrons. The van der Waals surface area contributed by atoms with Crippen molar-refractivity contribution < 1.29 is 14.3 Å². The number of ether oxygens (including phenoxy) is 2. The number of rotatable bonds is 11. The number of nitrogens with one attached hydrogen (secondary N) is 1. The van der Waals surface area contributed by atoms with Gasteiger partial charge in [0.1, 0.15) is 6.61 Å². The Morgan fingerprint density at radius 3 is 2.52 bits per heavy atom. The highest BCUT2D eigenvalue weighted by molar-refractivity contribution is 7.99. The number of fused-ring (bicyclic) bond motifs is 1. The lowest BCUT2D eigenvalue weighted by Crippen LogP contribution is -2.20. The summed E-state index contributed by atoms with van der Waals surface area (Å²) in [6.07, 6.45) is 1.58. The number of methoxy groups -OCH3 is 1. The van der Waals surface area contributed by atoms with E-state index in [2.05, 4.69) is 52.3 Å². The van der Waals surface area contributed by atoms with E-state index in [1.165, 1.54) is 22.9 Å². The van der Waals surface area contributed by atoms with E-state index < -0.39 is 0 Å². The normalized spacial score (nSPS) is 11.2. The van der Waals surface area contributed by atoms with E-state index in [0.29, 0.717) is 24.7 Å².